The molecule has 5 heteroatoms. The summed E-state index contributed by atoms with van der Waals surface area (Å²) in [5, 5.41) is 11.6. The van der Waals surface area contributed by atoms with Crippen LogP contribution in [0, 0.1) is 0 Å². The van der Waals surface area contributed by atoms with E-state index in [1.54, 1.807) is 0 Å². The second-order valence-electron chi connectivity index (χ2n) is 2.53. The molecule has 0 saturated carbocycles. The normalized spacial score (nSPS) is 26.7. The molecular formula is C6H12ClF2NO. The summed E-state index contributed by atoms with van der Waals surface area (Å²) in [5.74, 6) is 0. The van der Waals surface area contributed by atoms with E-state index in [1.165, 1.54) is 0 Å². The number of rotatable bonds is 2. The third kappa shape index (κ3) is 2.89. The lowest BCUT2D eigenvalue weighted by atomic mass is 10.1. The Morgan fingerprint density at radius 3 is 2.45 bits per heavy atom. The fourth-order valence-electron chi connectivity index (χ4n) is 1.18. The molecule has 1 rings (SSSR count). The highest BCUT2D eigenvalue weighted by atomic mass is 35.5. The largest absolute Gasteiger partial charge is 0.386 e. The molecule has 2 atom stereocenters. The van der Waals surface area contributed by atoms with Crippen LogP contribution in [0.4, 0.5) is 8.78 Å². The molecule has 1 saturated heterocycles. The van der Waals surface area contributed by atoms with Gasteiger partial charge in [-0.1, -0.05) is 0 Å². The highest BCUT2D eigenvalue weighted by molar-refractivity contribution is 5.85. The van der Waals surface area contributed by atoms with Gasteiger partial charge < -0.3 is 10.4 Å². The van der Waals surface area contributed by atoms with Gasteiger partial charge in [0.1, 0.15) is 6.10 Å². The van der Waals surface area contributed by atoms with E-state index in [2.05, 4.69) is 5.32 Å². The molecule has 2 nitrogen and oxygen atoms in total. The molecule has 1 heterocycles. The lowest BCUT2D eigenvalue weighted by Gasteiger charge is -2.16. The Hall–Kier alpha value is 0.0700. The van der Waals surface area contributed by atoms with Gasteiger partial charge in [0.2, 0.25) is 0 Å². The van der Waals surface area contributed by atoms with Crippen LogP contribution in [-0.4, -0.2) is 30.2 Å². The van der Waals surface area contributed by atoms with Crippen molar-refractivity contribution in [3.05, 3.63) is 0 Å². The molecule has 68 valence electrons. The van der Waals surface area contributed by atoms with Crippen molar-refractivity contribution < 1.29 is 13.9 Å². The predicted octanol–water partition coefficient (Wildman–Crippen LogP) is 0.786. The maximum absolute atomic E-state index is 11.8. The van der Waals surface area contributed by atoms with Crippen molar-refractivity contribution in [1.82, 2.24) is 5.32 Å². The van der Waals surface area contributed by atoms with Gasteiger partial charge in [-0.25, -0.2) is 8.78 Å². The molecule has 1 aliphatic rings. The average molecular weight is 188 g/mol. The van der Waals surface area contributed by atoms with E-state index in [9.17, 15) is 8.78 Å². The molecular weight excluding hydrogens is 176 g/mol. The second-order valence-corrected chi connectivity index (χ2v) is 2.53. The molecule has 0 aromatic carbocycles. The summed E-state index contributed by atoms with van der Waals surface area (Å²) in [6.07, 6.45) is -2.56. The Kier molecular flexibility index (Phi) is 4.88. The van der Waals surface area contributed by atoms with Crippen LogP contribution in [0.1, 0.15) is 12.8 Å². The molecule has 0 spiro atoms. The fraction of sp³-hybridized carbons (Fsp3) is 1.00. The summed E-state index contributed by atoms with van der Waals surface area (Å²) in [6, 6.07) is -0.389. The number of halogens is 3. The van der Waals surface area contributed by atoms with Crippen LogP contribution in [0.2, 0.25) is 0 Å². The van der Waals surface area contributed by atoms with Crippen molar-refractivity contribution in [2.75, 3.05) is 6.54 Å². The van der Waals surface area contributed by atoms with Crippen molar-refractivity contribution in [3.63, 3.8) is 0 Å². The monoisotopic (exact) mass is 187 g/mol. The minimum atomic E-state index is -2.62. The number of nitrogens with one attached hydrogen (secondary N) is 1. The van der Waals surface area contributed by atoms with Crippen LogP contribution in [0.5, 0.6) is 0 Å². The van der Waals surface area contributed by atoms with Gasteiger partial charge in [0.05, 0.1) is 0 Å². The van der Waals surface area contributed by atoms with Crippen LogP contribution in [0.15, 0.2) is 0 Å². The van der Waals surface area contributed by atoms with E-state index in [-0.39, 0.29) is 18.4 Å². The zero-order valence-corrected chi connectivity index (χ0v) is 6.78. The minimum absolute atomic E-state index is 0. The van der Waals surface area contributed by atoms with Gasteiger partial charge in [0, 0.05) is 6.04 Å². The first kappa shape index (κ1) is 11.1. The van der Waals surface area contributed by atoms with Crippen LogP contribution >= 0.6 is 12.4 Å². The average Bonchev–Trinajstić information content (AvgIpc) is 2.36. The van der Waals surface area contributed by atoms with E-state index in [1.807, 2.05) is 0 Å². The molecule has 0 aromatic rings. The van der Waals surface area contributed by atoms with Crippen molar-refractivity contribution in [2.24, 2.45) is 0 Å². The van der Waals surface area contributed by atoms with Crippen molar-refractivity contribution >= 4 is 12.4 Å². The first-order valence-corrected chi connectivity index (χ1v) is 3.41. The number of alkyl halides is 2. The number of hydrogen-bond donors (Lipinski definition) is 2. The van der Waals surface area contributed by atoms with Gasteiger partial charge in [-0.2, -0.15) is 0 Å². The molecule has 1 fully saturated rings. The lowest BCUT2D eigenvalue weighted by Crippen LogP contribution is -2.39. The van der Waals surface area contributed by atoms with Gasteiger partial charge in [0.25, 0.3) is 6.43 Å². The Labute approximate surface area is 70.4 Å². The van der Waals surface area contributed by atoms with Crippen molar-refractivity contribution in [1.29, 1.82) is 0 Å². The van der Waals surface area contributed by atoms with Crippen molar-refractivity contribution in [2.45, 2.75) is 31.4 Å². The molecule has 2 unspecified atom stereocenters. The zero-order chi connectivity index (χ0) is 7.56. The first-order chi connectivity index (χ1) is 4.72. The van der Waals surface area contributed by atoms with Gasteiger partial charge >= 0.3 is 0 Å². The maximum Gasteiger partial charge on any atom is 0.265 e. The second kappa shape index (κ2) is 4.85. The van der Waals surface area contributed by atoms with Gasteiger partial charge in [0.15, 0.2) is 0 Å². The molecule has 2 N–H and O–H groups in total. The van der Waals surface area contributed by atoms with Crippen molar-refractivity contribution in [3.8, 4) is 0 Å². The summed E-state index contributed by atoms with van der Waals surface area (Å²) in [5.41, 5.74) is 0. The summed E-state index contributed by atoms with van der Waals surface area (Å²) in [6.45, 7) is 0.744. The van der Waals surface area contributed by atoms with Gasteiger partial charge in [-0.15, -0.1) is 12.4 Å². The Morgan fingerprint density at radius 1 is 1.45 bits per heavy atom. The minimum Gasteiger partial charge on any atom is -0.386 e. The van der Waals surface area contributed by atoms with Crippen LogP contribution in [0.3, 0.4) is 0 Å². The number of hydrogen-bond acceptors (Lipinski definition) is 2. The Bertz CT molecular complexity index is 109. The smallest absolute Gasteiger partial charge is 0.265 e. The van der Waals surface area contributed by atoms with E-state index in [0.717, 1.165) is 13.0 Å². The van der Waals surface area contributed by atoms with E-state index < -0.39 is 12.5 Å². The summed E-state index contributed by atoms with van der Waals surface area (Å²) in [7, 11) is 0. The number of aliphatic hydroxyl groups excluding tert-OH is 1. The molecule has 0 aromatic heterocycles. The third-order valence-electron chi connectivity index (χ3n) is 1.77. The first-order valence-electron chi connectivity index (χ1n) is 3.41. The van der Waals surface area contributed by atoms with Gasteiger partial charge in [-0.05, 0) is 19.4 Å². The Balaban J connectivity index is 0.000001000. The summed E-state index contributed by atoms with van der Waals surface area (Å²) < 4.78 is 23.6. The lowest BCUT2D eigenvalue weighted by molar-refractivity contribution is -0.0222. The highest BCUT2D eigenvalue weighted by Crippen LogP contribution is 2.14. The quantitative estimate of drug-likeness (QED) is 0.670. The third-order valence-corrected chi connectivity index (χ3v) is 1.77. The van der Waals surface area contributed by atoms with Crippen LogP contribution in [-0.2, 0) is 0 Å². The van der Waals surface area contributed by atoms with Crippen LogP contribution < -0.4 is 5.32 Å². The predicted molar refractivity (Wildman–Crippen MR) is 40.3 cm³/mol. The highest BCUT2D eigenvalue weighted by Gasteiger charge is 2.29. The zero-order valence-electron chi connectivity index (χ0n) is 5.96. The number of aliphatic hydroxyl groups is 1. The standard InChI is InChI=1S/C6H11F2NO.ClH/c7-6(8)5(10)4-2-1-3-9-4;/h4-6,9-10H,1-3H2;1H. The fourth-order valence-corrected chi connectivity index (χ4v) is 1.18. The molecule has 0 amide bonds. The van der Waals surface area contributed by atoms with E-state index >= 15 is 0 Å². The van der Waals surface area contributed by atoms with Crippen LogP contribution in [0.25, 0.3) is 0 Å². The van der Waals surface area contributed by atoms with Gasteiger partial charge in [-0.3, -0.25) is 0 Å². The topological polar surface area (TPSA) is 32.3 Å². The molecule has 0 bridgehead atoms. The molecule has 0 radical (unpaired) electrons. The molecule has 1 aliphatic heterocycles. The molecule has 0 aliphatic carbocycles. The Morgan fingerprint density at radius 2 is 2.09 bits per heavy atom. The van der Waals surface area contributed by atoms with E-state index in [4.69, 9.17) is 5.11 Å². The maximum atomic E-state index is 11.8. The van der Waals surface area contributed by atoms with E-state index in [0.29, 0.717) is 6.42 Å². The SMILES string of the molecule is Cl.OC(C(F)F)C1CCCN1. The summed E-state index contributed by atoms with van der Waals surface area (Å²) in [4.78, 5) is 0. The summed E-state index contributed by atoms with van der Waals surface area (Å²) >= 11 is 0. The molecule has 11 heavy (non-hydrogen) atoms.